The van der Waals surface area contributed by atoms with Gasteiger partial charge in [-0.15, -0.1) is 0 Å². The molecule has 0 aliphatic carbocycles. The molecule has 1 aliphatic rings. The smallest absolute Gasteiger partial charge is 0.412 e. The first-order valence-electron chi connectivity index (χ1n) is 10.4. The average molecular weight is 424 g/mol. The molecule has 1 heterocycles. The molecule has 2 aromatic rings. The third-order valence-electron chi connectivity index (χ3n) is 4.93. The first-order chi connectivity index (χ1) is 14.6. The van der Waals surface area contributed by atoms with Gasteiger partial charge < -0.3 is 15.0 Å². The minimum atomic E-state index is -0.596. The number of amides is 3. The number of hydrogen-bond donors (Lipinski definition) is 2. The van der Waals surface area contributed by atoms with Crippen molar-refractivity contribution in [2.45, 2.75) is 46.1 Å². The highest BCUT2D eigenvalue weighted by molar-refractivity contribution is 6.09. The van der Waals surface area contributed by atoms with Crippen molar-refractivity contribution >= 4 is 29.3 Å². The van der Waals surface area contributed by atoms with Crippen LogP contribution in [0.25, 0.3) is 0 Å². The van der Waals surface area contributed by atoms with Crippen molar-refractivity contribution in [2.75, 3.05) is 23.7 Å². The lowest BCUT2D eigenvalue weighted by Crippen LogP contribution is -2.29. The number of nitrogens with one attached hydrogen (secondary N) is 2. The normalized spacial score (nSPS) is 13.6. The van der Waals surface area contributed by atoms with E-state index < -0.39 is 11.7 Å². The Morgan fingerprint density at radius 2 is 1.58 bits per heavy atom. The number of hydrogen-bond acceptors (Lipinski definition) is 4. The number of nitrogens with zero attached hydrogens (tertiary/aromatic N) is 1. The highest BCUT2D eigenvalue weighted by Crippen LogP contribution is 2.25. The zero-order valence-electron chi connectivity index (χ0n) is 18.5. The quantitative estimate of drug-likeness (QED) is 0.737. The Bertz CT molecular complexity index is 971. The fourth-order valence-corrected chi connectivity index (χ4v) is 3.41. The Labute approximate surface area is 182 Å². The first kappa shape index (κ1) is 22.3. The number of rotatable bonds is 4. The van der Waals surface area contributed by atoms with Gasteiger partial charge in [-0.2, -0.15) is 0 Å². The molecule has 2 N–H and O–H groups in total. The summed E-state index contributed by atoms with van der Waals surface area (Å²) in [4.78, 5) is 39.5. The Balaban J connectivity index is 1.72. The molecule has 2 aromatic carbocycles. The summed E-state index contributed by atoms with van der Waals surface area (Å²) >= 11 is 0. The van der Waals surface area contributed by atoms with E-state index in [1.807, 2.05) is 24.0 Å². The van der Waals surface area contributed by atoms with E-state index in [1.165, 1.54) is 0 Å². The van der Waals surface area contributed by atoms with Gasteiger partial charge in [-0.1, -0.05) is 12.1 Å². The molecule has 3 amide bonds. The second kappa shape index (κ2) is 9.20. The molecule has 3 rings (SSSR count). The fraction of sp³-hybridized carbons (Fsp3) is 0.375. The summed E-state index contributed by atoms with van der Waals surface area (Å²) in [5.41, 5.74) is 2.19. The van der Waals surface area contributed by atoms with Gasteiger partial charge in [0.25, 0.3) is 11.8 Å². The standard InChI is InChI=1S/C24H29N3O4/c1-16-8-7-9-19(22(29)27-14-5-6-15-27)20(16)26-21(28)17-10-12-18(13-11-17)25-23(30)31-24(2,3)4/h7-13H,5-6,14-15H2,1-4H3,(H,25,30)(H,26,28). The van der Waals surface area contributed by atoms with Gasteiger partial charge in [0.15, 0.2) is 0 Å². The lowest BCUT2D eigenvalue weighted by Gasteiger charge is -2.20. The lowest BCUT2D eigenvalue weighted by atomic mass is 10.1. The number of ether oxygens (including phenoxy) is 1. The van der Waals surface area contributed by atoms with Crippen LogP contribution in [0.3, 0.4) is 0 Å². The van der Waals surface area contributed by atoms with Crippen molar-refractivity contribution in [3.05, 3.63) is 59.2 Å². The number of para-hydroxylation sites is 1. The highest BCUT2D eigenvalue weighted by Gasteiger charge is 2.23. The Hall–Kier alpha value is -3.35. The molecular weight excluding hydrogens is 394 g/mol. The molecule has 1 saturated heterocycles. The van der Waals surface area contributed by atoms with Gasteiger partial charge >= 0.3 is 6.09 Å². The molecule has 7 nitrogen and oxygen atoms in total. The van der Waals surface area contributed by atoms with Gasteiger partial charge in [0.2, 0.25) is 0 Å². The minimum Gasteiger partial charge on any atom is -0.444 e. The molecular formula is C24H29N3O4. The van der Waals surface area contributed by atoms with Crippen LogP contribution in [-0.2, 0) is 4.74 Å². The molecule has 7 heteroatoms. The molecule has 0 spiro atoms. The monoisotopic (exact) mass is 423 g/mol. The van der Waals surface area contributed by atoms with Crippen LogP contribution < -0.4 is 10.6 Å². The van der Waals surface area contributed by atoms with Crippen molar-refractivity contribution in [3.8, 4) is 0 Å². The average Bonchev–Trinajstić information content (AvgIpc) is 3.23. The van der Waals surface area contributed by atoms with E-state index in [0.717, 1.165) is 31.5 Å². The van der Waals surface area contributed by atoms with Crippen LogP contribution in [0.4, 0.5) is 16.2 Å². The molecule has 1 fully saturated rings. The van der Waals surface area contributed by atoms with Crippen molar-refractivity contribution < 1.29 is 19.1 Å². The number of carbonyl (C=O) groups is 3. The van der Waals surface area contributed by atoms with E-state index in [-0.39, 0.29) is 11.8 Å². The summed E-state index contributed by atoms with van der Waals surface area (Å²) in [5, 5.41) is 5.53. The zero-order valence-corrected chi connectivity index (χ0v) is 18.5. The number of benzene rings is 2. The summed E-state index contributed by atoms with van der Waals surface area (Å²) in [5.74, 6) is -0.387. The number of carbonyl (C=O) groups excluding carboxylic acids is 3. The zero-order chi connectivity index (χ0) is 22.6. The maximum Gasteiger partial charge on any atom is 0.412 e. The summed E-state index contributed by atoms with van der Waals surface area (Å²) < 4.78 is 5.22. The molecule has 0 saturated carbocycles. The predicted octanol–water partition coefficient (Wildman–Crippen LogP) is 4.83. The van der Waals surface area contributed by atoms with Crippen LogP contribution in [0.2, 0.25) is 0 Å². The van der Waals surface area contributed by atoms with E-state index >= 15 is 0 Å². The van der Waals surface area contributed by atoms with Crippen molar-refractivity contribution in [3.63, 3.8) is 0 Å². The van der Waals surface area contributed by atoms with Gasteiger partial charge in [-0.25, -0.2) is 4.79 Å². The molecule has 0 aromatic heterocycles. The molecule has 31 heavy (non-hydrogen) atoms. The largest absolute Gasteiger partial charge is 0.444 e. The maximum atomic E-state index is 12.9. The van der Waals surface area contributed by atoms with Crippen LogP contribution in [0.1, 0.15) is 59.9 Å². The van der Waals surface area contributed by atoms with Crippen molar-refractivity contribution in [1.82, 2.24) is 4.90 Å². The van der Waals surface area contributed by atoms with Crippen LogP contribution in [0.5, 0.6) is 0 Å². The van der Waals surface area contributed by atoms with Crippen LogP contribution in [0, 0.1) is 6.92 Å². The fourth-order valence-electron chi connectivity index (χ4n) is 3.41. The van der Waals surface area contributed by atoms with Gasteiger partial charge in [0.05, 0.1) is 11.3 Å². The van der Waals surface area contributed by atoms with Gasteiger partial charge in [-0.3, -0.25) is 14.9 Å². The van der Waals surface area contributed by atoms with E-state index in [1.54, 1.807) is 51.1 Å². The van der Waals surface area contributed by atoms with E-state index in [2.05, 4.69) is 10.6 Å². The van der Waals surface area contributed by atoms with Gasteiger partial charge in [0, 0.05) is 24.3 Å². The molecule has 0 atom stereocenters. The molecule has 0 unspecified atom stereocenters. The minimum absolute atomic E-state index is 0.0617. The second-order valence-corrected chi connectivity index (χ2v) is 8.66. The Kier molecular flexibility index (Phi) is 6.63. The Morgan fingerprint density at radius 1 is 0.935 bits per heavy atom. The van der Waals surface area contributed by atoms with Crippen LogP contribution in [-0.4, -0.2) is 41.5 Å². The summed E-state index contributed by atoms with van der Waals surface area (Å²) in [7, 11) is 0. The molecule has 1 aliphatic heterocycles. The molecule has 164 valence electrons. The van der Waals surface area contributed by atoms with Crippen molar-refractivity contribution in [2.24, 2.45) is 0 Å². The molecule has 0 radical (unpaired) electrons. The van der Waals surface area contributed by atoms with Crippen molar-refractivity contribution in [1.29, 1.82) is 0 Å². The van der Waals surface area contributed by atoms with Gasteiger partial charge in [-0.05, 0) is 76.4 Å². The lowest BCUT2D eigenvalue weighted by molar-refractivity contribution is 0.0635. The number of aryl methyl sites for hydroxylation is 1. The van der Waals surface area contributed by atoms with Crippen LogP contribution >= 0.6 is 0 Å². The summed E-state index contributed by atoms with van der Waals surface area (Å²) in [6.45, 7) is 8.71. The third-order valence-corrected chi connectivity index (χ3v) is 4.93. The van der Waals surface area contributed by atoms with E-state index in [4.69, 9.17) is 4.74 Å². The summed E-state index contributed by atoms with van der Waals surface area (Å²) in [6, 6.07) is 11.9. The maximum absolute atomic E-state index is 12.9. The second-order valence-electron chi connectivity index (χ2n) is 8.66. The van der Waals surface area contributed by atoms with Gasteiger partial charge in [0.1, 0.15) is 5.60 Å². The molecule has 0 bridgehead atoms. The van der Waals surface area contributed by atoms with E-state index in [9.17, 15) is 14.4 Å². The topological polar surface area (TPSA) is 87.7 Å². The number of likely N-dealkylation sites (tertiary alicyclic amines) is 1. The van der Waals surface area contributed by atoms with E-state index in [0.29, 0.717) is 22.5 Å². The Morgan fingerprint density at radius 3 is 2.19 bits per heavy atom. The highest BCUT2D eigenvalue weighted by atomic mass is 16.6. The predicted molar refractivity (Wildman–Crippen MR) is 121 cm³/mol. The summed E-state index contributed by atoms with van der Waals surface area (Å²) in [6.07, 6.45) is 1.45. The SMILES string of the molecule is Cc1cccc(C(=O)N2CCCC2)c1NC(=O)c1ccc(NC(=O)OC(C)(C)C)cc1. The third kappa shape index (κ3) is 5.84. The van der Waals surface area contributed by atoms with Crippen LogP contribution in [0.15, 0.2) is 42.5 Å². The number of anilines is 2. The first-order valence-corrected chi connectivity index (χ1v) is 10.4.